The topological polar surface area (TPSA) is 47.3 Å². The zero-order valence-corrected chi connectivity index (χ0v) is 14.4. The lowest BCUT2D eigenvalue weighted by atomic mass is 10.1. The average molecular weight is 337 g/mol. The molecule has 3 rings (SSSR count). The van der Waals surface area contributed by atoms with E-state index >= 15 is 0 Å². The molecule has 1 amide bonds. The zero-order chi connectivity index (χ0) is 18.0. The molecule has 0 saturated carbocycles. The van der Waals surface area contributed by atoms with Crippen molar-refractivity contribution >= 4 is 11.6 Å². The van der Waals surface area contributed by atoms with Gasteiger partial charge in [-0.15, -0.1) is 0 Å². The van der Waals surface area contributed by atoms with E-state index in [9.17, 15) is 14.4 Å². The van der Waals surface area contributed by atoms with Crippen molar-refractivity contribution in [2.24, 2.45) is 0 Å². The molecule has 0 unspecified atom stereocenters. The summed E-state index contributed by atoms with van der Waals surface area (Å²) in [6, 6.07) is 12.4. The molecule has 0 aliphatic carbocycles. The minimum absolute atomic E-state index is 0.0196. The predicted molar refractivity (Wildman–Crippen MR) is 95.1 cm³/mol. The number of halogens is 1. The predicted octanol–water partition coefficient (Wildman–Crippen LogP) is 3.28. The summed E-state index contributed by atoms with van der Waals surface area (Å²) in [6.45, 7) is 6.22. The lowest BCUT2D eigenvalue weighted by Gasteiger charge is -2.36. The minimum atomic E-state index is -0.506. The third-order valence-electron chi connectivity index (χ3n) is 4.48. The number of carbonyl (C=O) groups is 1. The molecular weight excluding hydrogens is 317 g/mol. The molecular formula is C20H20FN3O. The molecule has 1 aliphatic rings. The number of aryl methyl sites for hydroxylation is 2. The number of rotatable bonds is 2. The summed E-state index contributed by atoms with van der Waals surface area (Å²) >= 11 is 0. The van der Waals surface area contributed by atoms with Crippen molar-refractivity contribution in [3.05, 3.63) is 64.5 Å². The Labute approximate surface area is 147 Å². The maximum absolute atomic E-state index is 13.8. The summed E-state index contributed by atoms with van der Waals surface area (Å²) in [4.78, 5) is 16.5. The van der Waals surface area contributed by atoms with Crippen molar-refractivity contribution in [1.29, 1.82) is 5.26 Å². The van der Waals surface area contributed by atoms with Gasteiger partial charge in [-0.3, -0.25) is 4.79 Å². The fourth-order valence-corrected chi connectivity index (χ4v) is 3.32. The van der Waals surface area contributed by atoms with Gasteiger partial charge in [0.1, 0.15) is 17.4 Å². The number of carbonyl (C=O) groups excluding carboxylic acids is 1. The highest BCUT2D eigenvalue weighted by Crippen LogP contribution is 2.24. The molecule has 0 bridgehead atoms. The van der Waals surface area contributed by atoms with E-state index < -0.39 is 5.82 Å². The van der Waals surface area contributed by atoms with E-state index in [1.165, 1.54) is 6.07 Å². The van der Waals surface area contributed by atoms with Crippen LogP contribution in [0.3, 0.4) is 0 Å². The number of hydrogen-bond acceptors (Lipinski definition) is 3. The Bertz CT molecular complexity index is 828. The molecule has 0 aromatic heterocycles. The molecule has 0 spiro atoms. The number of nitrogens with zero attached hydrogens (tertiary/aromatic N) is 3. The van der Waals surface area contributed by atoms with Crippen LogP contribution in [0.1, 0.15) is 27.0 Å². The van der Waals surface area contributed by atoms with Crippen LogP contribution in [0.2, 0.25) is 0 Å². The Morgan fingerprint density at radius 3 is 2.32 bits per heavy atom. The monoisotopic (exact) mass is 337 g/mol. The fourth-order valence-electron chi connectivity index (χ4n) is 3.32. The van der Waals surface area contributed by atoms with Crippen LogP contribution in [-0.4, -0.2) is 37.0 Å². The molecule has 25 heavy (non-hydrogen) atoms. The number of hydrogen-bond donors (Lipinski definition) is 0. The van der Waals surface area contributed by atoms with Crippen LogP contribution < -0.4 is 4.90 Å². The Balaban J connectivity index is 1.73. The van der Waals surface area contributed by atoms with Crippen molar-refractivity contribution in [2.45, 2.75) is 13.8 Å². The molecule has 0 N–H and O–H groups in total. The quantitative estimate of drug-likeness (QED) is 0.845. The van der Waals surface area contributed by atoms with Crippen LogP contribution in [0.25, 0.3) is 0 Å². The van der Waals surface area contributed by atoms with E-state index in [4.69, 9.17) is 0 Å². The van der Waals surface area contributed by atoms with Gasteiger partial charge in [-0.25, -0.2) is 4.39 Å². The van der Waals surface area contributed by atoms with E-state index in [-0.39, 0.29) is 11.5 Å². The van der Waals surface area contributed by atoms with E-state index in [0.717, 1.165) is 11.1 Å². The number of nitriles is 1. The molecule has 0 radical (unpaired) electrons. The van der Waals surface area contributed by atoms with E-state index in [2.05, 4.69) is 0 Å². The second-order valence-electron chi connectivity index (χ2n) is 6.40. The van der Waals surface area contributed by atoms with Crippen LogP contribution >= 0.6 is 0 Å². The maximum Gasteiger partial charge on any atom is 0.253 e. The number of benzene rings is 2. The Hall–Kier alpha value is -2.87. The molecule has 1 saturated heterocycles. The Morgan fingerprint density at radius 2 is 1.72 bits per heavy atom. The second-order valence-corrected chi connectivity index (χ2v) is 6.40. The summed E-state index contributed by atoms with van der Waals surface area (Å²) in [5.41, 5.74) is 3.51. The molecule has 2 aromatic rings. The van der Waals surface area contributed by atoms with Crippen LogP contribution in [-0.2, 0) is 0 Å². The van der Waals surface area contributed by atoms with Gasteiger partial charge in [0.05, 0.1) is 5.69 Å². The van der Waals surface area contributed by atoms with Crippen LogP contribution in [0.5, 0.6) is 0 Å². The lowest BCUT2D eigenvalue weighted by Crippen LogP contribution is -2.49. The van der Waals surface area contributed by atoms with Crippen molar-refractivity contribution in [3.8, 4) is 6.07 Å². The third-order valence-corrected chi connectivity index (χ3v) is 4.48. The van der Waals surface area contributed by atoms with Crippen molar-refractivity contribution in [2.75, 3.05) is 31.1 Å². The zero-order valence-electron chi connectivity index (χ0n) is 14.4. The van der Waals surface area contributed by atoms with Gasteiger partial charge < -0.3 is 9.80 Å². The largest absolute Gasteiger partial charge is 0.367 e. The molecule has 1 fully saturated rings. The summed E-state index contributed by atoms with van der Waals surface area (Å²) in [5, 5.41) is 9.19. The molecule has 4 nitrogen and oxygen atoms in total. The van der Waals surface area contributed by atoms with Gasteiger partial charge in [0.15, 0.2) is 0 Å². The van der Waals surface area contributed by atoms with Gasteiger partial charge in [0.25, 0.3) is 5.91 Å². The van der Waals surface area contributed by atoms with Crippen molar-refractivity contribution < 1.29 is 9.18 Å². The van der Waals surface area contributed by atoms with Crippen LogP contribution in [0.15, 0.2) is 36.4 Å². The van der Waals surface area contributed by atoms with E-state index in [0.29, 0.717) is 37.4 Å². The van der Waals surface area contributed by atoms with Gasteiger partial charge in [-0.1, -0.05) is 23.3 Å². The Morgan fingerprint density at radius 1 is 1.08 bits per heavy atom. The normalized spacial score (nSPS) is 14.3. The standard InChI is InChI=1S/C20H20FN3O/c1-14-10-15(2)12-16(11-14)20(25)24-8-6-23(7-9-24)19-5-3-4-18(21)17(19)13-22/h3-5,10-12H,6-9H2,1-2H3. The lowest BCUT2D eigenvalue weighted by molar-refractivity contribution is 0.0746. The molecule has 2 aromatic carbocycles. The average Bonchev–Trinajstić information content (AvgIpc) is 2.60. The van der Waals surface area contributed by atoms with E-state index in [1.54, 1.807) is 12.1 Å². The summed E-state index contributed by atoms with van der Waals surface area (Å²) in [6.07, 6.45) is 0. The first kappa shape index (κ1) is 17.0. The van der Waals surface area contributed by atoms with Gasteiger partial charge in [-0.05, 0) is 38.1 Å². The SMILES string of the molecule is Cc1cc(C)cc(C(=O)N2CCN(c3cccc(F)c3C#N)CC2)c1. The highest BCUT2D eigenvalue weighted by atomic mass is 19.1. The number of amides is 1. The van der Waals surface area contributed by atoms with Crippen LogP contribution in [0, 0.1) is 31.0 Å². The van der Waals surface area contributed by atoms with E-state index in [1.807, 2.05) is 47.9 Å². The molecule has 5 heteroatoms. The third kappa shape index (κ3) is 3.48. The van der Waals surface area contributed by atoms with Gasteiger partial charge in [0.2, 0.25) is 0 Å². The minimum Gasteiger partial charge on any atom is -0.367 e. The van der Waals surface area contributed by atoms with Crippen molar-refractivity contribution in [3.63, 3.8) is 0 Å². The van der Waals surface area contributed by atoms with Crippen LogP contribution in [0.4, 0.5) is 10.1 Å². The molecule has 1 heterocycles. The van der Waals surface area contributed by atoms with Crippen molar-refractivity contribution in [1.82, 2.24) is 4.90 Å². The number of anilines is 1. The Kier molecular flexibility index (Phi) is 4.71. The first-order chi connectivity index (χ1) is 12.0. The molecule has 1 aliphatic heterocycles. The summed E-state index contributed by atoms with van der Waals surface area (Å²) in [5.74, 6) is -0.486. The first-order valence-corrected chi connectivity index (χ1v) is 8.30. The highest BCUT2D eigenvalue weighted by molar-refractivity contribution is 5.94. The highest BCUT2D eigenvalue weighted by Gasteiger charge is 2.24. The van der Waals surface area contributed by atoms with Gasteiger partial charge in [0, 0.05) is 31.7 Å². The maximum atomic E-state index is 13.8. The molecule has 128 valence electrons. The second kappa shape index (κ2) is 6.94. The molecule has 0 atom stereocenters. The number of piperazine rings is 1. The summed E-state index contributed by atoms with van der Waals surface area (Å²) in [7, 11) is 0. The van der Waals surface area contributed by atoms with Gasteiger partial charge in [-0.2, -0.15) is 5.26 Å². The van der Waals surface area contributed by atoms with Gasteiger partial charge >= 0.3 is 0 Å². The first-order valence-electron chi connectivity index (χ1n) is 8.30. The smallest absolute Gasteiger partial charge is 0.253 e. The fraction of sp³-hybridized carbons (Fsp3) is 0.300. The summed E-state index contributed by atoms with van der Waals surface area (Å²) < 4.78 is 13.8.